The van der Waals surface area contributed by atoms with E-state index in [-0.39, 0.29) is 43.3 Å². The van der Waals surface area contributed by atoms with Crippen molar-refractivity contribution in [3.63, 3.8) is 0 Å². The van der Waals surface area contributed by atoms with Crippen LogP contribution in [0.1, 0.15) is 211 Å². The lowest BCUT2D eigenvalue weighted by Crippen LogP contribution is -2.13. The second kappa shape index (κ2) is 18.2. The van der Waals surface area contributed by atoms with Gasteiger partial charge in [-0.25, -0.2) is 0 Å². The molecule has 2 aliphatic rings. The Kier molecular flexibility index (Phi) is 10.6. The molecule has 22 aromatic carbocycles. The van der Waals surface area contributed by atoms with Gasteiger partial charge in [-0.2, -0.15) is 0 Å². The lowest BCUT2D eigenvalue weighted by molar-refractivity contribution is 0.590. The molecule has 2 aliphatic carbocycles. The third-order valence-corrected chi connectivity index (χ3v) is 28.3. The molecular weight excluding hydrogens is 1300 g/mol. The van der Waals surface area contributed by atoms with Crippen LogP contribution in [-0.4, -0.2) is 0 Å². The molecule has 22 aromatic rings. The maximum atomic E-state index is 2.79. The number of fused-ring (bicyclic) bond motifs is 15. The summed E-state index contributed by atoms with van der Waals surface area (Å²) < 4.78 is 0. The first-order valence-electron chi connectivity index (χ1n) is 40.5. The molecule has 0 radical (unpaired) electrons. The van der Waals surface area contributed by atoms with Gasteiger partial charge in [0.2, 0.25) is 0 Å². The summed E-state index contributed by atoms with van der Waals surface area (Å²) in [5, 5.41) is 62.2. The molecule has 0 nitrogen and oxygen atoms in total. The molecule has 108 heavy (non-hydrogen) atoms. The highest BCUT2D eigenvalue weighted by Crippen LogP contribution is 2.69. The van der Waals surface area contributed by atoms with Gasteiger partial charge >= 0.3 is 0 Å². The Morgan fingerprint density at radius 3 is 0.657 bits per heavy atom. The van der Waals surface area contributed by atoms with Gasteiger partial charge in [-0.15, -0.1) is 0 Å². The summed E-state index contributed by atoms with van der Waals surface area (Å²) in [5.41, 5.74) is 12.9. The van der Waals surface area contributed by atoms with Gasteiger partial charge in [0.15, 0.2) is 0 Å². The molecule has 0 heterocycles. The Labute approximate surface area is 631 Å². The predicted molar refractivity (Wildman–Crippen MR) is 481 cm³/mol. The van der Waals surface area contributed by atoms with E-state index in [1.165, 1.54) is 293 Å². The van der Waals surface area contributed by atoms with Gasteiger partial charge in [-0.05, 0) is 427 Å². The minimum absolute atomic E-state index is 0.102. The van der Waals surface area contributed by atoms with Crippen LogP contribution in [0, 0.1) is 0 Å². The van der Waals surface area contributed by atoms with Crippen LogP contribution in [0.5, 0.6) is 0 Å². The number of benzene rings is 22. The fourth-order valence-electron chi connectivity index (χ4n) is 22.7. The number of hydrogen-bond donors (Lipinski definition) is 0. The lowest BCUT2D eigenvalue weighted by Gasteiger charge is -2.31. The van der Waals surface area contributed by atoms with Crippen molar-refractivity contribution in [3.8, 4) is 11.1 Å². The SMILES string of the molecule is CC(C)(C)c1ccc2c(c1)c1cc(C(C)(C)C)cc3c4cc(C(C)(C)C)cc5c6cc(C(C)(C)C)cc7c8ccc9c%10c%11c%12c%13c%14c(cccc%10%14)c%10cc(C(C)(C)C)cc%14c%15cc(C(C)(C)C)cc%16c%17cc(C(C)(C)C)cc%18c%19cc(C(C)(C)C)cc(c%20c-%11c9c8c8c%20c2c(c13)c(c45)c8c67)c%19c%12c(c%18%17)c(c%15%16)c%13c%10%14. The Morgan fingerprint density at radius 1 is 0.120 bits per heavy atom. The summed E-state index contributed by atoms with van der Waals surface area (Å²) in [6, 6.07) is 58.2. The second-order valence-corrected chi connectivity index (χ2v) is 43.0. The highest BCUT2D eigenvalue weighted by molar-refractivity contribution is 6.66. The molecule has 24 rings (SSSR count). The third-order valence-electron chi connectivity index (χ3n) is 28.3. The van der Waals surface area contributed by atoms with E-state index in [4.69, 9.17) is 0 Å². The van der Waals surface area contributed by atoms with E-state index in [0.717, 1.165) is 0 Å². The molecule has 0 unspecified atom stereocenters. The van der Waals surface area contributed by atoms with E-state index in [1.807, 2.05) is 0 Å². The van der Waals surface area contributed by atoms with Gasteiger partial charge in [0, 0.05) is 0 Å². The van der Waals surface area contributed by atoms with Crippen molar-refractivity contribution < 1.29 is 0 Å². The molecule has 0 saturated carbocycles. The topological polar surface area (TPSA) is 0 Å². The maximum Gasteiger partial charge on any atom is -0.00000225 e. The normalized spacial score (nSPS) is 14.9. The van der Waals surface area contributed by atoms with Crippen molar-refractivity contribution in [2.45, 2.75) is 209 Å². The van der Waals surface area contributed by atoms with Crippen molar-refractivity contribution in [2.75, 3.05) is 0 Å². The van der Waals surface area contributed by atoms with Crippen LogP contribution >= 0.6 is 0 Å². The van der Waals surface area contributed by atoms with Crippen LogP contribution < -0.4 is 0 Å². The monoisotopic (exact) mass is 1390 g/mol. The van der Waals surface area contributed by atoms with Crippen molar-refractivity contribution in [3.05, 3.63) is 178 Å². The highest BCUT2D eigenvalue weighted by Gasteiger charge is 2.41. The van der Waals surface area contributed by atoms with E-state index in [9.17, 15) is 0 Å². The quantitative estimate of drug-likeness (QED) is 0.105. The second-order valence-electron chi connectivity index (χ2n) is 43.0. The van der Waals surface area contributed by atoms with Gasteiger partial charge in [0.1, 0.15) is 0 Å². The minimum Gasteiger partial charge on any atom is -0.0610 e. The number of hydrogen-bond acceptors (Lipinski definition) is 0. The van der Waals surface area contributed by atoms with Gasteiger partial charge in [0.05, 0.1) is 0 Å². The Balaban J connectivity index is 1.11. The molecule has 0 aliphatic heterocycles. The van der Waals surface area contributed by atoms with Crippen LogP contribution in [0.25, 0.3) is 248 Å². The van der Waals surface area contributed by atoms with Gasteiger partial charge in [0.25, 0.3) is 0 Å². The first-order valence-corrected chi connectivity index (χ1v) is 40.5. The fourth-order valence-corrected chi connectivity index (χ4v) is 22.7. The molecule has 0 amide bonds. The Bertz CT molecular complexity index is 8150. The van der Waals surface area contributed by atoms with Crippen LogP contribution in [0.3, 0.4) is 0 Å². The van der Waals surface area contributed by atoms with E-state index in [2.05, 4.69) is 300 Å². The molecule has 0 N–H and O–H groups in total. The van der Waals surface area contributed by atoms with E-state index >= 15 is 0 Å². The molecule has 526 valence electrons. The minimum atomic E-state index is -0.224. The van der Waals surface area contributed by atoms with Gasteiger partial charge < -0.3 is 0 Å². The smallest absolute Gasteiger partial charge is 0.00000225 e. The van der Waals surface area contributed by atoms with Crippen LogP contribution in [0.2, 0.25) is 0 Å². The molecule has 0 saturated heterocycles. The molecule has 0 fully saturated rings. The van der Waals surface area contributed by atoms with Gasteiger partial charge in [-0.3, -0.25) is 0 Å². The standard InChI is InChI=1S/C108H94/c1-101(2,3)47-28-29-56-60(32-47)63-35-50(104(10,11)12)38-66-69-41-51(105(13,14)15)39-67-65-37-49(103(7,8)9)34-62-57-30-31-59-76-58-27-25-26-55-61-33-48(102(4,5)6)36-64-68-40-52(106(16,17)18)42-70-71-43-53(107(19,20)21)44-72-73-45-54(108(22,23)24)46-74-83(73)96-94(82(71)72)93(81(68)70)92(77(61)64)89(75(55)58)100(96)90(76)98-86(59)84(57)99-95(78(62)65)91(80(67)69)88(79(63)66)85(56)97(99)87(74)98/h25-46H,1-24H3. The summed E-state index contributed by atoms with van der Waals surface area (Å²) >= 11 is 0. The zero-order valence-electron chi connectivity index (χ0n) is 67.7. The summed E-state index contributed by atoms with van der Waals surface area (Å²) in [4.78, 5) is 0. The molecule has 0 bridgehead atoms. The predicted octanol–water partition coefficient (Wildman–Crippen LogP) is 32.4. The molecule has 0 aromatic heterocycles. The largest absolute Gasteiger partial charge is 0.0610 e. The van der Waals surface area contributed by atoms with Crippen LogP contribution in [0.4, 0.5) is 0 Å². The highest BCUT2D eigenvalue weighted by atomic mass is 14.4. The third kappa shape index (κ3) is 7.09. The summed E-state index contributed by atoms with van der Waals surface area (Å²) in [5.74, 6) is 0. The van der Waals surface area contributed by atoms with E-state index in [0.29, 0.717) is 0 Å². The lowest BCUT2D eigenvalue weighted by atomic mass is 9.72. The van der Waals surface area contributed by atoms with Gasteiger partial charge in [-0.1, -0.05) is 209 Å². The zero-order valence-corrected chi connectivity index (χ0v) is 67.7. The first-order chi connectivity index (χ1) is 50.7. The Morgan fingerprint density at radius 2 is 0.306 bits per heavy atom. The maximum absolute atomic E-state index is 2.79. The first kappa shape index (κ1) is 63.1. The summed E-state index contributed by atoms with van der Waals surface area (Å²) in [6.45, 7) is 58.8. The molecular formula is C108H94. The zero-order chi connectivity index (χ0) is 74.7. The van der Waals surface area contributed by atoms with E-state index in [1.54, 1.807) is 0 Å². The average Bonchev–Trinajstić information content (AvgIpc) is 1.27. The molecule has 0 atom stereocenters. The fraction of sp³-hybridized carbons (Fsp3) is 0.296. The van der Waals surface area contributed by atoms with Crippen LogP contribution in [0.15, 0.2) is 133 Å². The average molecular weight is 1390 g/mol. The summed E-state index contributed by atoms with van der Waals surface area (Å²) in [7, 11) is 0. The molecule has 0 heteroatoms. The Hall–Kier alpha value is -9.88. The van der Waals surface area contributed by atoms with Crippen molar-refractivity contribution in [1.82, 2.24) is 0 Å². The van der Waals surface area contributed by atoms with Crippen molar-refractivity contribution in [1.29, 1.82) is 0 Å². The molecule has 0 spiro atoms. The van der Waals surface area contributed by atoms with Crippen molar-refractivity contribution >= 4 is 237 Å². The van der Waals surface area contributed by atoms with E-state index < -0.39 is 0 Å². The summed E-state index contributed by atoms with van der Waals surface area (Å²) in [6.07, 6.45) is 0. The van der Waals surface area contributed by atoms with Crippen LogP contribution in [-0.2, 0) is 43.3 Å². The number of rotatable bonds is 0. The van der Waals surface area contributed by atoms with Crippen molar-refractivity contribution in [2.24, 2.45) is 0 Å².